The first-order valence-corrected chi connectivity index (χ1v) is 10.1. The molecule has 4 rings (SSSR count). The van der Waals surface area contributed by atoms with Crippen LogP contribution in [0.3, 0.4) is 0 Å². The summed E-state index contributed by atoms with van der Waals surface area (Å²) in [5.74, 6) is 2.29. The number of ether oxygens (including phenoxy) is 4. The zero-order valence-corrected chi connectivity index (χ0v) is 16.8. The lowest BCUT2D eigenvalue weighted by molar-refractivity contribution is 0.174. The number of aromatic nitrogens is 2. The molecule has 2 aromatic carbocycles. The van der Waals surface area contributed by atoms with E-state index in [9.17, 15) is 8.42 Å². The summed E-state index contributed by atoms with van der Waals surface area (Å²) in [4.78, 5) is 0.0927. The van der Waals surface area contributed by atoms with Crippen LogP contribution in [0.4, 0.5) is 5.82 Å². The van der Waals surface area contributed by atoms with E-state index >= 15 is 0 Å². The highest BCUT2D eigenvalue weighted by Crippen LogP contribution is 2.42. The predicted molar refractivity (Wildman–Crippen MR) is 105 cm³/mol. The summed E-state index contributed by atoms with van der Waals surface area (Å²) >= 11 is 0. The van der Waals surface area contributed by atoms with E-state index in [0.29, 0.717) is 28.4 Å². The lowest BCUT2D eigenvalue weighted by atomic mass is 10.1. The molecule has 1 N–H and O–H groups in total. The van der Waals surface area contributed by atoms with Crippen LogP contribution in [-0.2, 0) is 17.1 Å². The van der Waals surface area contributed by atoms with E-state index in [1.807, 2.05) is 0 Å². The summed E-state index contributed by atoms with van der Waals surface area (Å²) in [6.45, 7) is 0.139. The Bertz CT molecular complexity index is 1160. The first kappa shape index (κ1) is 18.9. The minimum absolute atomic E-state index is 0.0927. The first-order chi connectivity index (χ1) is 13.9. The van der Waals surface area contributed by atoms with Gasteiger partial charge in [0.1, 0.15) is 11.6 Å². The summed E-state index contributed by atoms with van der Waals surface area (Å²) in [6.07, 6.45) is 0. The molecular formula is C19H19N3O6S. The number of hydrogen-bond acceptors (Lipinski definition) is 7. The van der Waals surface area contributed by atoms with Gasteiger partial charge in [-0.1, -0.05) is 6.07 Å². The van der Waals surface area contributed by atoms with Crippen LogP contribution in [0.5, 0.6) is 23.1 Å². The molecule has 0 atom stereocenters. The van der Waals surface area contributed by atoms with Crippen LogP contribution in [0.1, 0.15) is 0 Å². The largest absolute Gasteiger partial charge is 0.497 e. The van der Waals surface area contributed by atoms with E-state index in [1.54, 1.807) is 37.4 Å². The lowest BCUT2D eigenvalue weighted by Crippen LogP contribution is -2.16. The Labute approximate surface area is 167 Å². The van der Waals surface area contributed by atoms with Crippen molar-refractivity contribution in [2.24, 2.45) is 7.05 Å². The molecule has 0 radical (unpaired) electrons. The van der Waals surface area contributed by atoms with Crippen molar-refractivity contribution >= 4 is 15.8 Å². The highest BCUT2D eigenvalue weighted by Gasteiger charge is 2.25. The summed E-state index contributed by atoms with van der Waals surface area (Å²) in [6, 6.07) is 11.4. The molecule has 152 valence electrons. The van der Waals surface area contributed by atoms with E-state index in [4.69, 9.17) is 18.9 Å². The van der Waals surface area contributed by atoms with E-state index in [2.05, 4.69) is 9.82 Å². The average molecular weight is 417 g/mol. The molecule has 0 aliphatic carbocycles. The summed E-state index contributed by atoms with van der Waals surface area (Å²) in [5.41, 5.74) is 1.16. The van der Waals surface area contributed by atoms with Gasteiger partial charge in [-0.3, -0.25) is 4.72 Å². The number of benzene rings is 2. The summed E-state index contributed by atoms with van der Waals surface area (Å²) in [5, 5.41) is 4.28. The van der Waals surface area contributed by atoms with Crippen molar-refractivity contribution in [1.29, 1.82) is 0 Å². The van der Waals surface area contributed by atoms with E-state index < -0.39 is 10.0 Å². The van der Waals surface area contributed by atoms with Gasteiger partial charge in [0, 0.05) is 7.05 Å². The Hall–Kier alpha value is -3.40. The van der Waals surface area contributed by atoms with Crippen LogP contribution in [0.2, 0.25) is 0 Å². The van der Waals surface area contributed by atoms with Gasteiger partial charge in [0.05, 0.1) is 24.7 Å². The number of sulfonamides is 1. The number of anilines is 1. The number of nitrogens with zero attached hydrogens (tertiary/aromatic N) is 2. The number of hydrogen-bond donors (Lipinski definition) is 1. The molecular weight excluding hydrogens is 398 g/mol. The fourth-order valence-corrected chi connectivity index (χ4v) is 4.11. The van der Waals surface area contributed by atoms with Crippen molar-refractivity contribution < 1.29 is 27.4 Å². The monoisotopic (exact) mass is 417 g/mol. The molecule has 0 saturated carbocycles. The fraction of sp³-hybridized carbons (Fsp3) is 0.211. The zero-order valence-electron chi connectivity index (χ0n) is 16.0. The van der Waals surface area contributed by atoms with Crippen molar-refractivity contribution in [3.8, 4) is 34.3 Å². The average Bonchev–Trinajstić information content (AvgIpc) is 3.31. The highest BCUT2D eigenvalue weighted by atomic mass is 32.2. The standard InChI is InChI=1S/C19H19N3O6S/c1-22-18(21-29(23,24)14-7-5-13(25-2)6-8-14)17(19(20-22)26-3)12-4-9-15-16(10-12)28-11-27-15/h4-10,21H,11H2,1-3H3. The molecule has 1 aliphatic heterocycles. The third kappa shape index (κ3) is 3.42. The van der Waals surface area contributed by atoms with E-state index in [-0.39, 0.29) is 23.4 Å². The van der Waals surface area contributed by atoms with Crippen molar-refractivity contribution in [3.05, 3.63) is 42.5 Å². The maximum atomic E-state index is 12.9. The number of aryl methyl sites for hydroxylation is 1. The quantitative estimate of drug-likeness (QED) is 0.658. The van der Waals surface area contributed by atoms with Gasteiger partial charge in [0.25, 0.3) is 10.0 Å². The van der Waals surface area contributed by atoms with Crippen molar-refractivity contribution in [3.63, 3.8) is 0 Å². The fourth-order valence-electron chi connectivity index (χ4n) is 3.01. The second kappa shape index (κ2) is 7.21. The number of rotatable bonds is 6. The minimum Gasteiger partial charge on any atom is -0.497 e. The maximum absolute atomic E-state index is 12.9. The second-order valence-corrected chi connectivity index (χ2v) is 7.89. The van der Waals surface area contributed by atoms with Gasteiger partial charge in [0.15, 0.2) is 11.5 Å². The number of methoxy groups -OCH3 is 2. The molecule has 0 amide bonds. The summed E-state index contributed by atoms with van der Waals surface area (Å²) in [7, 11) is 0.742. The molecule has 0 fully saturated rings. The normalized spacial score (nSPS) is 12.7. The Balaban J connectivity index is 1.77. The molecule has 2 heterocycles. The van der Waals surface area contributed by atoms with Gasteiger partial charge >= 0.3 is 0 Å². The Morgan fingerprint density at radius 1 is 1.03 bits per heavy atom. The molecule has 1 aliphatic rings. The zero-order chi connectivity index (χ0) is 20.6. The second-order valence-electron chi connectivity index (χ2n) is 6.21. The van der Waals surface area contributed by atoms with Gasteiger partial charge in [-0.2, -0.15) is 0 Å². The van der Waals surface area contributed by atoms with Gasteiger partial charge < -0.3 is 18.9 Å². The van der Waals surface area contributed by atoms with Crippen LogP contribution in [0.25, 0.3) is 11.1 Å². The first-order valence-electron chi connectivity index (χ1n) is 8.61. The van der Waals surface area contributed by atoms with E-state index in [0.717, 1.165) is 0 Å². The van der Waals surface area contributed by atoms with Crippen molar-refractivity contribution in [2.75, 3.05) is 25.7 Å². The third-order valence-electron chi connectivity index (χ3n) is 4.47. The molecule has 1 aromatic heterocycles. The van der Waals surface area contributed by atoms with Crippen LogP contribution in [-0.4, -0.2) is 39.2 Å². The predicted octanol–water partition coefficient (Wildman–Crippen LogP) is 2.63. The van der Waals surface area contributed by atoms with Gasteiger partial charge in [0.2, 0.25) is 12.7 Å². The molecule has 0 spiro atoms. The molecule has 10 heteroatoms. The number of nitrogens with one attached hydrogen (secondary N) is 1. The van der Waals surface area contributed by atoms with Crippen LogP contribution < -0.4 is 23.7 Å². The SMILES string of the molecule is COc1ccc(S(=O)(=O)Nc2c(-c3ccc4c(c3)OCO4)c(OC)nn2C)cc1. The van der Waals surface area contributed by atoms with Gasteiger partial charge in [-0.05, 0) is 42.0 Å². The topological polar surface area (TPSA) is 101 Å². The minimum atomic E-state index is -3.88. The van der Waals surface area contributed by atoms with Gasteiger partial charge in [-0.25, -0.2) is 13.1 Å². The molecule has 0 saturated heterocycles. The molecule has 3 aromatic rings. The lowest BCUT2D eigenvalue weighted by Gasteiger charge is -2.12. The van der Waals surface area contributed by atoms with E-state index in [1.165, 1.54) is 31.0 Å². The third-order valence-corrected chi connectivity index (χ3v) is 5.83. The molecule has 9 nitrogen and oxygen atoms in total. The Kier molecular flexibility index (Phi) is 4.71. The molecule has 0 unspecified atom stereocenters. The molecule has 0 bridgehead atoms. The Morgan fingerprint density at radius 2 is 1.76 bits per heavy atom. The molecule has 29 heavy (non-hydrogen) atoms. The highest BCUT2D eigenvalue weighted by molar-refractivity contribution is 7.92. The van der Waals surface area contributed by atoms with Crippen molar-refractivity contribution in [2.45, 2.75) is 4.90 Å². The Morgan fingerprint density at radius 3 is 2.45 bits per heavy atom. The van der Waals surface area contributed by atoms with Crippen LogP contribution in [0.15, 0.2) is 47.4 Å². The van der Waals surface area contributed by atoms with Gasteiger partial charge in [-0.15, -0.1) is 5.10 Å². The van der Waals surface area contributed by atoms with Crippen LogP contribution >= 0.6 is 0 Å². The van der Waals surface area contributed by atoms with Crippen LogP contribution in [0, 0.1) is 0 Å². The van der Waals surface area contributed by atoms with Crippen molar-refractivity contribution in [1.82, 2.24) is 9.78 Å². The smallest absolute Gasteiger partial charge is 0.263 e. The summed E-state index contributed by atoms with van der Waals surface area (Å²) < 4.78 is 51.1. The maximum Gasteiger partial charge on any atom is 0.263 e. The number of fused-ring (bicyclic) bond motifs is 1.